The minimum Gasteiger partial charge on any atom is -0.490 e. The largest absolute Gasteiger partial charge is 0.490 e. The van der Waals surface area contributed by atoms with Crippen molar-refractivity contribution in [1.29, 1.82) is 0 Å². The van der Waals surface area contributed by atoms with Crippen LogP contribution in [0, 0.1) is 12.8 Å². The van der Waals surface area contributed by atoms with Crippen LogP contribution in [0.5, 0.6) is 0 Å². The predicted molar refractivity (Wildman–Crippen MR) is 142 cm³/mol. The lowest BCUT2D eigenvalue weighted by atomic mass is 9.87. The van der Waals surface area contributed by atoms with Crippen molar-refractivity contribution in [2.24, 2.45) is 5.92 Å². The lowest BCUT2D eigenvalue weighted by Gasteiger charge is -2.31. The summed E-state index contributed by atoms with van der Waals surface area (Å²) in [5.74, 6) is 0.387. The van der Waals surface area contributed by atoms with Crippen LogP contribution in [0.25, 0.3) is 11.1 Å². The van der Waals surface area contributed by atoms with E-state index >= 15 is 0 Å². The van der Waals surface area contributed by atoms with Gasteiger partial charge in [-0.25, -0.2) is 0 Å². The fraction of sp³-hybridized carbons (Fsp3) is 0.517. The van der Waals surface area contributed by atoms with Gasteiger partial charge in [0.05, 0.1) is 7.11 Å². The molecule has 0 aromatic heterocycles. The average molecular weight is 466 g/mol. The van der Waals surface area contributed by atoms with E-state index in [-0.39, 0.29) is 11.7 Å². The Balaban J connectivity index is 1.88. The summed E-state index contributed by atoms with van der Waals surface area (Å²) in [7, 11) is 3.85. The summed E-state index contributed by atoms with van der Waals surface area (Å²) >= 11 is 5.26. The van der Waals surface area contributed by atoms with Crippen molar-refractivity contribution in [3.63, 3.8) is 0 Å². The number of Topliss-reactive ketones (excluding diaryl/α,β-unsaturated/α-hetero) is 1. The summed E-state index contributed by atoms with van der Waals surface area (Å²) < 4.78 is 5.20. The predicted octanol–water partition coefficient (Wildman–Crippen LogP) is 7.39. The second-order valence-electron chi connectivity index (χ2n) is 9.58. The third-order valence-corrected chi connectivity index (χ3v) is 7.52. The summed E-state index contributed by atoms with van der Waals surface area (Å²) in [4.78, 5) is 16.0. The Morgan fingerprint density at radius 2 is 1.82 bits per heavy atom. The zero-order valence-corrected chi connectivity index (χ0v) is 21.5. The van der Waals surface area contributed by atoms with Crippen molar-refractivity contribution in [3.8, 4) is 11.1 Å². The van der Waals surface area contributed by atoms with E-state index in [2.05, 4.69) is 68.3 Å². The molecule has 0 aliphatic heterocycles. The number of methoxy groups -OCH3 is 1. The maximum Gasteiger partial charge on any atom is 0.163 e. The van der Waals surface area contributed by atoms with Crippen LogP contribution in [0.4, 0.5) is 0 Å². The molecule has 0 heterocycles. The quantitative estimate of drug-likeness (QED) is 0.270. The van der Waals surface area contributed by atoms with Crippen LogP contribution in [0.1, 0.15) is 79.8 Å². The SMILES string of the molecule is CCC(CC(=O)c1ccc(CN(C)C2CCCCC2)cc1-c1ccccc1C)CC(=S)OC. The molecule has 0 bridgehead atoms. The van der Waals surface area contributed by atoms with Gasteiger partial charge in [0.1, 0.15) is 0 Å². The van der Waals surface area contributed by atoms with Gasteiger partial charge in [-0.2, -0.15) is 0 Å². The van der Waals surface area contributed by atoms with Crippen molar-refractivity contribution in [1.82, 2.24) is 4.90 Å². The van der Waals surface area contributed by atoms with Crippen LogP contribution < -0.4 is 0 Å². The summed E-state index contributed by atoms with van der Waals surface area (Å²) in [6.07, 6.45) is 8.66. The van der Waals surface area contributed by atoms with E-state index in [1.165, 1.54) is 43.2 Å². The molecule has 1 unspecified atom stereocenters. The van der Waals surface area contributed by atoms with E-state index in [0.29, 0.717) is 23.9 Å². The molecule has 3 nitrogen and oxygen atoms in total. The normalized spacial score (nSPS) is 15.4. The van der Waals surface area contributed by atoms with E-state index in [4.69, 9.17) is 17.0 Å². The smallest absolute Gasteiger partial charge is 0.163 e. The van der Waals surface area contributed by atoms with E-state index < -0.39 is 0 Å². The molecular formula is C29H39NO2S. The molecular weight excluding hydrogens is 426 g/mol. The van der Waals surface area contributed by atoms with Gasteiger partial charge in [0.2, 0.25) is 0 Å². The molecule has 0 saturated heterocycles. The van der Waals surface area contributed by atoms with Crippen LogP contribution in [0.15, 0.2) is 42.5 Å². The van der Waals surface area contributed by atoms with Gasteiger partial charge >= 0.3 is 0 Å². The fourth-order valence-corrected chi connectivity index (χ4v) is 5.26. The number of carbonyl (C=O) groups excluding carboxylic acids is 1. The lowest BCUT2D eigenvalue weighted by Crippen LogP contribution is -2.32. The number of rotatable bonds is 10. The summed E-state index contributed by atoms with van der Waals surface area (Å²) in [6.45, 7) is 5.15. The maximum absolute atomic E-state index is 13.5. The van der Waals surface area contributed by atoms with Crippen LogP contribution in [0.3, 0.4) is 0 Å². The monoisotopic (exact) mass is 465 g/mol. The zero-order valence-electron chi connectivity index (χ0n) is 20.7. The number of nitrogens with zero attached hydrogens (tertiary/aromatic N) is 1. The van der Waals surface area contributed by atoms with E-state index in [1.807, 2.05) is 0 Å². The molecule has 0 spiro atoms. The van der Waals surface area contributed by atoms with Gasteiger partial charge in [0.15, 0.2) is 10.8 Å². The highest BCUT2D eigenvalue weighted by Gasteiger charge is 2.22. The second-order valence-corrected chi connectivity index (χ2v) is 10.0. The molecule has 33 heavy (non-hydrogen) atoms. The standard InChI is InChI=1S/C29H39NO2S/c1-5-22(19-29(33)32-4)18-28(31)26-16-15-23(20-30(3)24-12-7-6-8-13-24)17-27(26)25-14-10-9-11-21(25)2/h9-11,14-17,22,24H,5-8,12-13,18-20H2,1-4H3. The molecule has 1 aliphatic carbocycles. The number of ether oxygens (including phenoxy) is 1. The lowest BCUT2D eigenvalue weighted by molar-refractivity contribution is 0.0961. The minimum absolute atomic E-state index is 0.186. The first-order valence-electron chi connectivity index (χ1n) is 12.4. The molecule has 1 fully saturated rings. The summed E-state index contributed by atoms with van der Waals surface area (Å²) in [5, 5.41) is 0.579. The van der Waals surface area contributed by atoms with Gasteiger partial charge in [-0.05, 0) is 73.3 Å². The third kappa shape index (κ3) is 6.97. The van der Waals surface area contributed by atoms with E-state index in [0.717, 1.165) is 29.7 Å². The zero-order chi connectivity index (χ0) is 23.8. The molecule has 1 atom stereocenters. The van der Waals surface area contributed by atoms with Crippen molar-refractivity contribution in [3.05, 3.63) is 59.2 Å². The second kappa shape index (κ2) is 12.4. The summed E-state index contributed by atoms with van der Waals surface area (Å²) in [5.41, 5.74) is 5.47. The van der Waals surface area contributed by atoms with E-state index in [9.17, 15) is 4.79 Å². The van der Waals surface area contributed by atoms with Gasteiger partial charge in [0.25, 0.3) is 0 Å². The molecule has 1 saturated carbocycles. The topological polar surface area (TPSA) is 29.5 Å². The number of thiocarbonyl (C=S) groups is 1. The molecule has 2 aromatic carbocycles. The Morgan fingerprint density at radius 3 is 2.48 bits per heavy atom. The van der Waals surface area contributed by atoms with Gasteiger partial charge in [-0.3, -0.25) is 9.69 Å². The van der Waals surface area contributed by atoms with Gasteiger partial charge in [-0.1, -0.05) is 69.0 Å². The Hall–Kier alpha value is -2.04. The minimum atomic E-state index is 0.186. The molecule has 1 aliphatic rings. The molecule has 3 rings (SSSR count). The molecule has 178 valence electrons. The van der Waals surface area contributed by atoms with E-state index in [1.54, 1.807) is 7.11 Å². The maximum atomic E-state index is 13.5. The van der Waals surface area contributed by atoms with Crippen molar-refractivity contribution < 1.29 is 9.53 Å². The summed E-state index contributed by atoms with van der Waals surface area (Å²) in [6, 6.07) is 15.5. The van der Waals surface area contributed by atoms with Crippen LogP contribution in [-0.2, 0) is 11.3 Å². The highest BCUT2D eigenvalue weighted by atomic mass is 32.1. The van der Waals surface area contributed by atoms with Crippen molar-refractivity contribution >= 4 is 23.1 Å². The van der Waals surface area contributed by atoms with Crippen molar-refractivity contribution in [2.45, 2.75) is 77.8 Å². The Labute approximate surface area is 205 Å². The number of ketones is 1. The number of hydrogen-bond donors (Lipinski definition) is 0. The van der Waals surface area contributed by atoms with Crippen molar-refractivity contribution in [2.75, 3.05) is 14.2 Å². The first-order chi connectivity index (χ1) is 15.9. The van der Waals surface area contributed by atoms with Crippen LogP contribution >= 0.6 is 12.2 Å². The Morgan fingerprint density at radius 1 is 1.09 bits per heavy atom. The Kier molecular flexibility index (Phi) is 9.64. The molecule has 0 N–H and O–H groups in total. The average Bonchev–Trinajstić information content (AvgIpc) is 2.84. The number of aryl methyl sites for hydroxylation is 1. The van der Waals surface area contributed by atoms with Gasteiger partial charge in [0, 0.05) is 31.0 Å². The number of carbonyl (C=O) groups is 1. The third-order valence-electron chi connectivity index (χ3n) is 7.18. The first kappa shape index (κ1) is 25.6. The van der Waals surface area contributed by atoms with Crippen LogP contribution in [0.2, 0.25) is 0 Å². The van der Waals surface area contributed by atoms with Gasteiger partial charge in [-0.15, -0.1) is 0 Å². The molecule has 0 amide bonds. The van der Waals surface area contributed by atoms with Gasteiger partial charge < -0.3 is 4.74 Å². The first-order valence-corrected chi connectivity index (χ1v) is 12.8. The highest BCUT2D eigenvalue weighted by Crippen LogP contribution is 2.31. The highest BCUT2D eigenvalue weighted by molar-refractivity contribution is 7.80. The number of benzene rings is 2. The molecule has 0 radical (unpaired) electrons. The van der Waals surface area contributed by atoms with Crippen LogP contribution in [-0.4, -0.2) is 35.9 Å². The molecule has 2 aromatic rings. The Bertz CT molecular complexity index is 948. The molecule has 4 heteroatoms. The fourth-order valence-electron chi connectivity index (χ4n) is 5.02. The number of hydrogen-bond acceptors (Lipinski definition) is 4.